The molecule has 0 unspecified atom stereocenters. The molecule has 6 nitrogen and oxygen atoms in total. The number of guanidine groups is 1. The number of ether oxygens (including phenoxy) is 1. The van der Waals surface area contributed by atoms with E-state index in [1.165, 1.54) is 18.2 Å². The predicted octanol–water partition coefficient (Wildman–Crippen LogP) is 2.62. The molecule has 1 aliphatic heterocycles. The first kappa shape index (κ1) is 20.2. The molecule has 1 aromatic rings. The lowest BCUT2D eigenvalue weighted by Crippen LogP contribution is -2.44. The summed E-state index contributed by atoms with van der Waals surface area (Å²) in [5.41, 5.74) is 0.431. The molecule has 1 aromatic carbocycles. The second kappa shape index (κ2) is 10.2. The average molecular weight is 389 g/mol. The molecule has 9 heteroatoms. The summed E-state index contributed by atoms with van der Waals surface area (Å²) in [4.78, 5) is 18.2. The second-order valence-electron chi connectivity index (χ2n) is 5.77. The van der Waals surface area contributed by atoms with Crippen molar-refractivity contribution in [2.75, 3.05) is 26.2 Å². The van der Waals surface area contributed by atoms with Crippen LogP contribution in [0.25, 0.3) is 0 Å². The molecule has 0 aliphatic carbocycles. The van der Waals surface area contributed by atoms with Crippen LogP contribution in [0.5, 0.6) is 5.75 Å². The Hall–Kier alpha value is -2.09. The van der Waals surface area contributed by atoms with Gasteiger partial charge in [0, 0.05) is 30.2 Å². The Kier molecular flexibility index (Phi) is 7.90. The van der Waals surface area contributed by atoms with Crippen LogP contribution in [0.15, 0.2) is 23.2 Å². The van der Waals surface area contributed by atoms with Gasteiger partial charge < -0.3 is 20.3 Å². The summed E-state index contributed by atoms with van der Waals surface area (Å²) in [5.74, 6) is 0.456. The van der Waals surface area contributed by atoms with Crippen molar-refractivity contribution >= 4 is 23.5 Å². The van der Waals surface area contributed by atoms with Gasteiger partial charge in [-0.05, 0) is 38.0 Å². The molecule has 0 atom stereocenters. The van der Waals surface area contributed by atoms with Crippen LogP contribution in [0.3, 0.4) is 0 Å². The molecule has 0 spiro atoms. The van der Waals surface area contributed by atoms with Crippen molar-refractivity contribution in [3.8, 4) is 5.75 Å². The van der Waals surface area contributed by atoms with Crippen LogP contribution >= 0.6 is 11.6 Å². The van der Waals surface area contributed by atoms with Gasteiger partial charge >= 0.3 is 6.61 Å². The zero-order chi connectivity index (χ0) is 18.9. The van der Waals surface area contributed by atoms with Gasteiger partial charge in [0.25, 0.3) is 0 Å². The molecule has 2 N–H and O–H groups in total. The molecule has 1 saturated heterocycles. The van der Waals surface area contributed by atoms with Gasteiger partial charge in [-0.25, -0.2) is 4.99 Å². The lowest BCUT2D eigenvalue weighted by atomic mass is 10.2. The van der Waals surface area contributed by atoms with Crippen molar-refractivity contribution in [1.82, 2.24) is 15.5 Å². The zero-order valence-electron chi connectivity index (χ0n) is 14.6. The fraction of sp³-hybridized carbons (Fsp3) is 0.529. The summed E-state index contributed by atoms with van der Waals surface area (Å²) in [7, 11) is 0. The third-order valence-corrected chi connectivity index (χ3v) is 4.09. The van der Waals surface area contributed by atoms with E-state index in [1.807, 2.05) is 11.8 Å². The number of nitrogens with one attached hydrogen (secondary N) is 2. The van der Waals surface area contributed by atoms with Gasteiger partial charge in [0.1, 0.15) is 5.75 Å². The third-order valence-electron chi connectivity index (χ3n) is 3.86. The van der Waals surface area contributed by atoms with Crippen molar-refractivity contribution < 1.29 is 18.3 Å². The normalized spacial score (nSPS) is 14.7. The van der Waals surface area contributed by atoms with Gasteiger partial charge in [0.15, 0.2) is 5.96 Å². The molecule has 2 rings (SSSR count). The number of hydrogen-bond donors (Lipinski definition) is 2. The zero-order valence-corrected chi connectivity index (χ0v) is 15.4. The third kappa shape index (κ3) is 6.33. The van der Waals surface area contributed by atoms with E-state index in [1.54, 1.807) is 0 Å². The van der Waals surface area contributed by atoms with E-state index in [-0.39, 0.29) is 24.7 Å². The summed E-state index contributed by atoms with van der Waals surface area (Å²) in [6, 6.07) is 4.39. The summed E-state index contributed by atoms with van der Waals surface area (Å²) in [6.45, 7) is 1.33. The monoisotopic (exact) mass is 388 g/mol. The van der Waals surface area contributed by atoms with Gasteiger partial charge in [-0.15, -0.1) is 0 Å². The van der Waals surface area contributed by atoms with E-state index >= 15 is 0 Å². The number of amides is 1. The first-order valence-electron chi connectivity index (χ1n) is 8.52. The van der Waals surface area contributed by atoms with Crippen LogP contribution in [-0.2, 0) is 11.3 Å². The minimum atomic E-state index is -2.93. The number of nitrogens with zero attached hydrogens (tertiary/aromatic N) is 2. The number of carbonyl (C=O) groups excluding carboxylic acids is 1. The van der Waals surface area contributed by atoms with E-state index in [2.05, 4.69) is 20.4 Å². The summed E-state index contributed by atoms with van der Waals surface area (Å²) in [5, 5.41) is 6.39. The number of benzene rings is 1. The van der Waals surface area contributed by atoms with Crippen LogP contribution in [0, 0.1) is 0 Å². The standard InChI is InChI=1S/C17H23ClF2N4O2/c1-2-21-17(23-11-15(25)24-7-3-4-8-24)22-10-12-9-13(18)5-6-14(12)26-16(19)20/h5-6,9,16H,2-4,7-8,10-11H2,1H3,(H2,21,22,23). The predicted molar refractivity (Wildman–Crippen MR) is 96.7 cm³/mol. The van der Waals surface area contributed by atoms with Gasteiger partial charge in [0.2, 0.25) is 5.91 Å². The Morgan fingerprint density at radius 2 is 2.08 bits per heavy atom. The maximum Gasteiger partial charge on any atom is 0.387 e. The number of alkyl halides is 2. The Labute approximate surface area is 156 Å². The Morgan fingerprint density at radius 3 is 2.73 bits per heavy atom. The Balaban J connectivity index is 2.01. The molecule has 0 aromatic heterocycles. The van der Waals surface area contributed by atoms with E-state index in [0.29, 0.717) is 23.1 Å². The molecular formula is C17H23ClF2N4O2. The fourth-order valence-corrected chi connectivity index (χ4v) is 2.82. The number of halogens is 3. The molecule has 1 aliphatic rings. The van der Waals surface area contributed by atoms with Crippen molar-refractivity contribution in [2.24, 2.45) is 4.99 Å². The van der Waals surface area contributed by atoms with Gasteiger partial charge in [-0.3, -0.25) is 4.79 Å². The second-order valence-corrected chi connectivity index (χ2v) is 6.20. The first-order chi connectivity index (χ1) is 12.5. The van der Waals surface area contributed by atoms with Gasteiger partial charge in [-0.2, -0.15) is 8.78 Å². The molecule has 1 amide bonds. The van der Waals surface area contributed by atoms with Crippen molar-refractivity contribution in [3.63, 3.8) is 0 Å². The summed E-state index contributed by atoms with van der Waals surface area (Å²) in [6.07, 6.45) is 2.06. The van der Waals surface area contributed by atoms with Crippen LogP contribution in [-0.4, -0.2) is 49.6 Å². The highest BCUT2D eigenvalue weighted by Crippen LogP contribution is 2.25. The molecule has 0 saturated carbocycles. The highest BCUT2D eigenvalue weighted by Gasteiger charge is 2.17. The minimum absolute atomic E-state index is 0.0116. The van der Waals surface area contributed by atoms with Gasteiger partial charge in [0.05, 0.1) is 13.1 Å². The van der Waals surface area contributed by atoms with Crippen LogP contribution < -0.4 is 15.4 Å². The van der Waals surface area contributed by atoms with Crippen molar-refractivity contribution in [3.05, 3.63) is 28.8 Å². The SMILES string of the molecule is CCNC(=NCc1cc(Cl)ccc1OC(F)F)NCC(=O)N1CCCC1. The minimum Gasteiger partial charge on any atom is -0.434 e. The van der Waals surface area contributed by atoms with E-state index in [0.717, 1.165) is 25.9 Å². The quantitative estimate of drug-likeness (QED) is 0.556. The van der Waals surface area contributed by atoms with Crippen molar-refractivity contribution in [2.45, 2.75) is 32.9 Å². The first-order valence-corrected chi connectivity index (χ1v) is 8.90. The Morgan fingerprint density at radius 1 is 1.35 bits per heavy atom. The number of hydrogen-bond acceptors (Lipinski definition) is 3. The lowest BCUT2D eigenvalue weighted by molar-refractivity contribution is -0.128. The highest BCUT2D eigenvalue weighted by molar-refractivity contribution is 6.30. The maximum absolute atomic E-state index is 12.5. The molecular weight excluding hydrogens is 366 g/mol. The topological polar surface area (TPSA) is 66.0 Å². The van der Waals surface area contributed by atoms with Crippen LogP contribution in [0.2, 0.25) is 5.02 Å². The highest BCUT2D eigenvalue weighted by atomic mass is 35.5. The van der Waals surface area contributed by atoms with Crippen LogP contribution in [0.4, 0.5) is 8.78 Å². The molecule has 0 radical (unpaired) electrons. The van der Waals surface area contributed by atoms with Crippen LogP contribution in [0.1, 0.15) is 25.3 Å². The smallest absolute Gasteiger partial charge is 0.387 e. The Bertz CT molecular complexity index is 637. The number of carbonyl (C=O) groups is 1. The summed E-state index contributed by atoms with van der Waals surface area (Å²) >= 11 is 5.93. The lowest BCUT2D eigenvalue weighted by Gasteiger charge is -2.17. The number of likely N-dealkylation sites (tertiary alicyclic amines) is 1. The molecule has 1 fully saturated rings. The largest absolute Gasteiger partial charge is 0.434 e. The van der Waals surface area contributed by atoms with Crippen molar-refractivity contribution in [1.29, 1.82) is 0 Å². The molecule has 1 heterocycles. The molecule has 26 heavy (non-hydrogen) atoms. The maximum atomic E-state index is 12.5. The molecule has 0 bridgehead atoms. The molecule has 144 valence electrons. The average Bonchev–Trinajstić information content (AvgIpc) is 3.13. The number of aliphatic imine (C=N–C) groups is 1. The van der Waals surface area contributed by atoms with Gasteiger partial charge in [-0.1, -0.05) is 11.6 Å². The number of rotatable bonds is 7. The summed E-state index contributed by atoms with van der Waals surface area (Å²) < 4.78 is 29.5. The van der Waals surface area contributed by atoms with E-state index in [9.17, 15) is 13.6 Å². The van der Waals surface area contributed by atoms with E-state index < -0.39 is 6.61 Å². The van der Waals surface area contributed by atoms with E-state index in [4.69, 9.17) is 11.6 Å². The fourth-order valence-electron chi connectivity index (χ4n) is 2.63.